The molecule has 1 saturated carbocycles. The maximum Gasteiger partial charge on any atom is 0.252 e. The van der Waals surface area contributed by atoms with Gasteiger partial charge in [0.2, 0.25) is 0 Å². The Morgan fingerprint density at radius 2 is 1.77 bits per heavy atom. The number of pyridine rings is 1. The fraction of sp³-hybridized carbons (Fsp3) is 0.455. The van der Waals surface area contributed by atoms with Gasteiger partial charge in [-0.1, -0.05) is 56.0 Å². The lowest BCUT2D eigenvalue weighted by Gasteiger charge is -2.16. The maximum absolute atomic E-state index is 12.2. The van der Waals surface area contributed by atoms with E-state index in [2.05, 4.69) is 27.8 Å². The number of hydrogen-bond donors (Lipinski definition) is 2. The van der Waals surface area contributed by atoms with E-state index in [1.165, 1.54) is 44.1 Å². The summed E-state index contributed by atoms with van der Waals surface area (Å²) in [5, 5.41) is 6.49. The van der Waals surface area contributed by atoms with Gasteiger partial charge in [0.25, 0.3) is 5.91 Å². The van der Waals surface area contributed by atoms with Gasteiger partial charge >= 0.3 is 0 Å². The van der Waals surface area contributed by atoms with Gasteiger partial charge in [-0.3, -0.25) is 4.79 Å². The molecule has 0 unspecified atom stereocenters. The molecule has 0 bridgehead atoms. The van der Waals surface area contributed by atoms with Gasteiger partial charge in [0.1, 0.15) is 5.82 Å². The Hall–Kier alpha value is -2.36. The highest BCUT2D eigenvalue weighted by atomic mass is 16.1. The number of hydrogen-bond acceptors (Lipinski definition) is 3. The molecule has 1 fully saturated rings. The van der Waals surface area contributed by atoms with Crippen molar-refractivity contribution in [3.8, 4) is 0 Å². The minimum Gasteiger partial charge on any atom is -0.367 e. The van der Waals surface area contributed by atoms with Crippen LogP contribution >= 0.6 is 0 Å². The largest absolute Gasteiger partial charge is 0.367 e. The number of nitrogens with one attached hydrogen (secondary N) is 2. The van der Waals surface area contributed by atoms with Crippen LogP contribution in [0.1, 0.15) is 60.9 Å². The molecule has 1 amide bonds. The first kappa shape index (κ1) is 18.4. The number of anilines is 1. The van der Waals surface area contributed by atoms with Crippen molar-refractivity contribution in [1.29, 1.82) is 0 Å². The standard InChI is InChI=1S/C22H29N3O/c26-22(23-16-8-11-18-9-4-3-5-10-18)19-14-15-21(24-17-19)25-20-12-6-1-2-7-13-20/h3-5,9-10,14-15,17,20H,1-2,6-8,11-13,16H2,(H,23,26)(H,24,25). The summed E-state index contributed by atoms with van der Waals surface area (Å²) in [6.07, 6.45) is 11.3. The van der Waals surface area contributed by atoms with Gasteiger partial charge in [-0.2, -0.15) is 0 Å². The molecule has 0 aliphatic heterocycles. The maximum atomic E-state index is 12.2. The fourth-order valence-corrected chi connectivity index (χ4v) is 3.49. The quantitative estimate of drug-likeness (QED) is 0.567. The smallest absolute Gasteiger partial charge is 0.252 e. The molecular weight excluding hydrogens is 322 g/mol. The van der Waals surface area contributed by atoms with E-state index in [9.17, 15) is 4.79 Å². The lowest BCUT2D eigenvalue weighted by Crippen LogP contribution is -2.25. The van der Waals surface area contributed by atoms with Gasteiger partial charge in [0.15, 0.2) is 0 Å². The van der Waals surface area contributed by atoms with Gasteiger partial charge in [-0.15, -0.1) is 0 Å². The minimum atomic E-state index is -0.0495. The van der Waals surface area contributed by atoms with Crippen molar-refractivity contribution in [3.05, 3.63) is 59.8 Å². The molecule has 138 valence electrons. The highest BCUT2D eigenvalue weighted by Crippen LogP contribution is 2.20. The molecule has 1 aromatic heterocycles. The molecular formula is C22H29N3O. The first-order chi connectivity index (χ1) is 12.8. The van der Waals surface area contributed by atoms with Crippen LogP contribution in [0.15, 0.2) is 48.7 Å². The molecule has 4 heteroatoms. The summed E-state index contributed by atoms with van der Waals surface area (Å²) < 4.78 is 0. The zero-order valence-electron chi connectivity index (χ0n) is 15.4. The predicted molar refractivity (Wildman–Crippen MR) is 106 cm³/mol. The molecule has 4 nitrogen and oxygen atoms in total. The summed E-state index contributed by atoms with van der Waals surface area (Å²) in [6.45, 7) is 0.676. The van der Waals surface area contributed by atoms with Gasteiger partial charge in [-0.05, 0) is 43.4 Å². The third-order valence-electron chi connectivity index (χ3n) is 5.00. The molecule has 3 rings (SSSR count). The van der Waals surface area contributed by atoms with Crippen LogP contribution in [-0.4, -0.2) is 23.5 Å². The highest BCUT2D eigenvalue weighted by molar-refractivity contribution is 5.94. The van der Waals surface area contributed by atoms with Gasteiger partial charge in [-0.25, -0.2) is 4.98 Å². The molecule has 2 aromatic rings. The Labute approximate surface area is 156 Å². The van der Waals surface area contributed by atoms with Crippen molar-refractivity contribution in [3.63, 3.8) is 0 Å². The summed E-state index contributed by atoms with van der Waals surface area (Å²) >= 11 is 0. The number of benzene rings is 1. The molecule has 2 N–H and O–H groups in total. The second-order valence-corrected chi connectivity index (χ2v) is 7.11. The number of rotatable bonds is 7. The first-order valence-corrected chi connectivity index (χ1v) is 9.86. The Bertz CT molecular complexity index is 662. The average Bonchev–Trinajstić information content (AvgIpc) is 2.95. The number of aromatic nitrogens is 1. The van der Waals surface area contributed by atoms with Crippen molar-refractivity contribution in [2.24, 2.45) is 0 Å². The normalized spacial score (nSPS) is 15.2. The zero-order valence-corrected chi connectivity index (χ0v) is 15.4. The summed E-state index contributed by atoms with van der Waals surface area (Å²) in [5.74, 6) is 0.823. The van der Waals surface area contributed by atoms with Crippen LogP contribution in [0.3, 0.4) is 0 Å². The van der Waals surface area contributed by atoms with E-state index < -0.39 is 0 Å². The molecule has 0 atom stereocenters. The topological polar surface area (TPSA) is 54.0 Å². The first-order valence-electron chi connectivity index (χ1n) is 9.86. The van der Waals surface area contributed by atoms with Crippen molar-refractivity contribution in [1.82, 2.24) is 10.3 Å². The number of carbonyl (C=O) groups excluding carboxylic acids is 1. The van der Waals surface area contributed by atoms with E-state index in [0.29, 0.717) is 18.2 Å². The molecule has 0 radical (unpaired) electrons. The molecule has 1 heterocycles. The van der Waals surface area contributed by atoms with Crippen LogP contribution in [-0.2, 0) is 6.42 Å². The summed E-state index contributed by atoms with van der Waals surface area (Å²) in [4.78, 5) is 16.7. The monoisotopic (exact) mass is 351 g/mol. The van der Waals surface area contributed by atoms with E-state index in [1.807, 2.05) is 30.3 Å². The van der Waals surface area contributed by atoms with E-state index >= 15 is 0 Å². The van der Waals surface area contributed by atoms with E-state index in [1.54, 1.807) is 6.20 Å². The van der Waals surface area contributed by atoms with Crippen molar-refractivity contribution in [2.75, 3.05) is 11.9 Å². The van der Waals surface area contributed by atoms with Gasteiger partial charge in [0, 0.05) is 18.8 Å². The Morgan fingerprint density at radius 1 is 1.00 bits per heavy atom. The van der Waals surface area contributed by atoms with Crippen molar-refractivity contribution >= 4 is 11.7 Å². The molecule has 0 spiro atoms. The average molecular weight is 351 g/mol. The molecule has 1 aliphatic carbocycles. The lowest BCUT2D eigenvalue weighted by molar-refractivity contribution is 0.0953. The van der Waals surface area contributed by atoms with Gasteiger partial charge in [0.05, 0.1) is 5.56 Å². The Morgan fingerprint density at radius 3 is 2.46 bits per heavy atom. The van der Waals surface area contributed by atoms with Crippen LogP contribution in [0.4, 0.5) is 5.82 Å². The minimum absolute atomic E-state index is 0.0495. The number of carbonyl (C=O) groups is 1. The van der Waals surface area contributed by atoms with Crippen LogP contribution in [0.2, 0.25) is 0 Å². The number of nitrogens with zero attached hydrogens (tertiary/aromatic N) is 1. The van der Waals surface area contributed by atoms with Crippen LogP contribution in [0, 0.1) is 0 Å². The van der Waals surface area contributed by atoms with Crippen molar-refractivity contribution < 1.29 is 4.79 Å². The van der Waals surface area contributed by atoms with Gasteiger partial charge < -0.3 is 10.6 Å². The predicted octanol–water partition coefficient (Wildman–Crippen LogP) is 4.58. The molecule has 1 aliphatic rings. The summed E-state index contributed by atoms with van der Waals surface area (Å²) in [5.41, 5.74) is 1.92. The third kappa shape index (κ3) is 5.87. The number of amides is 1. The van der Waals surface area contributed by atoms with E-state index in [-0.39, 0.29) is 5.91 Å². The van der Waals surface area contributed by atoms with Crippen LogP contribution in [0.5, 0.6) is 0 Å². The molecule has 1 aromatic carbocycles. The Kier molecular flexibility index (Phi) is 7.05. The lowest BCUT2D eigenvalue weighted by atomic mass is 10.1. The van der Waals surface area contributed by atoms with E-state index in [4.69, 9.17) is 0 Å². The van der Waals surface area contributed by atoms with Crippen LogP contribution in [0.25, 0.3) is 0 Å². The summed E-state index contributed by atoms with van der Waals surface area (Å²) in [7, 11) is 0. The van der Waals surface area contributed by atoms with Crippen LogP contribution < -0.4 is 10.6 Å². The fourth-order valence-electron chi connectivity index (χ4n) is 3.49. The third-order valence-corrected chi connectivity index (χ3v) is 5.00. The Balaban J connectivity index is 1.41. The highest BCUT2D eigenvalue weighted by Gasteiger charge is 2.13. The second kappa shape index (κ2) is 9.95. The van der Waals surface area contributed by atoms with Crippen molar-refractivity contribution in [2.45, 2.75) is 57.4 Å². The SMILES string of the molecule is O=C(NCCCc1ccccc1)c1ccc(NC2CCCCCC2)nc1. The molecule has 0 saturated heterocycles. The summed E-state index contributed by atoms with van der Waals surface area (Å²) in [6, 6.07) is 14.6. The second-order valence-electron chi connectivity index (χ2n) is 7.11. The number of aryl methyl sites for hydroxylation is 1. The molecule has 26 heavy (non-hydrogen) atoms. The zero-order chi connectivity index (χ0) is 18.0. The van der Waals surface area contributed by atoms with E-state index in [0.717, 1.165) is 18.7 Å².